The van der Waals surface area contributed by atoms with Crippen LogP contribution in [0.2, 0.25) is 5.02 Å². The highest BCUT2D eigenvalue weighted by Crippen LogP contribution is 2.52. The second-order valence-corrected chi connectivity index (χ2v) is 6.23. The molecule has 1 saturated heterocycles. The van der Waals surface area contributed by atoms with E-state index in [4.69, 9.17) is 16.3 Å². The number of fused-ring (bicyclic) bond motifs is 3. The maximum absolute atomic E-state index is 12.4. The molecule has 1 unspecified atom stereocenters. The summed E-state index contributed by atoms with van der Waals surface area (Å²) in [7, 11) is 0. The lowest BCUT2D eigenvalue weighted by molar-refractivity contribution is -0.114. The van der Waals surface area contributed by atoms with E-state index in [9.17, 15) is 4.79 Å². The van der Waals surface area contributed by atoms with Crippen molar-refractivity contribution in [2.24, 2.45) is 5.92 Å². The van der Waals surface area contributed by atoms with Crippen molar-refractivity contribution in [3.63, 3.8) is 0 Å². The average Bonchev–Trinajstić information content (AvgIpc) is 3.09. The lowest BCUT2D eigenvalue weighted by atomic mass is 9.84. The molecular formula is C15H17ClN2O2. The van der Waals surface area contributed by atoms with Gasteiger partial charge in [-0.3, -0.25) is 4.90 Å². The number of amides is 2. The molecule has 1 atom stereocenters. The maximum atomic E-state index is 12.4. The minimum absolute atomic E-state index is 0.0516. The number of anilines is 1. The van der Waals surface area contributed by atoms with E-state index >= 15 is 0 Å². The van der Waals surface area contributed by atoms with Gasteiger partial charge in [-0.25, -0.2) is 4.79 Å². The molecule has 1 aliphatic carbocycles. The number of benzene rings is 1. The van der Waals surface area contributed by atoms with E-state index in [1.54, 1.807) is 0 Å². The van der Waals surface area contributed by atoms with E-state index in [1.165, 1.54) is 12.8 Å². The van der Waals surface area contributed by atoms with E-state index in [1.807, 2.05) is 23.1 Å². The Kier molecular flexibility index (Phi) is 2.72. The molecule has 2 amide bonds. The summed E-state index contributed by atoms with van der Waals surface area (Å²) in [5.41, 5.74) is 1.26. The first-order chi connectivity index (χ1) is 9.72. The van der Waals surface area contributed by atoms with E-state index in [0.717, 1.165) is 24.1 Å². The van der Waals surface area contributed by atoms with Crippen LogP contribution >= 0.6 is 11.6 Å². The van der Waals surface area contributed by atoms with Crippen molar-refractivity contribution >= 4 is 23.3 Å². The Morgan fingerprint density at radius 1 is 1.35 bits per heavy atom. The van der Waals surface area contributed by atoms with E-state index in [-0.39, 0.29) is 6.03 Å². The van der Waals surface area contributed by atoms with E-state index in [0.29, 0.717) is 24.1 Å². The number of carbonyl (C=O) groups is 1. The minimum Gasteiger partial charge on any atom is -0.349 e. The molecule has 2 heterocycles. The summed E-state index contributed by atoms with van der Waals surface area (Å²) in [6.45, 7) is 1.24. The predicted molar refractivity (Wildman–Crippen MR) is 76.8 cm³/mol. The number of carbonyl (C=O) groups excluding carboxylic acids is 1. The first kappa shape index (κ1) is 12.5. The number of hydrogen-bond acceptors (Lipinski definition) is 2. The van der Waals surface area contributed by atoms with Gasteiger partial charge >= 0.3 is 6.03 Å². The van der Waals surface area contributed by atoms with E-state index < -0.39 is 5.72 Å². The fourth-order valence-corrected chi connectivity index (χ4v) is 4.16. The van der Waals surface area contributed by atoms with Crippen molar-refractivity contribution in [3.8, 4) is 0 Å². The zero-order chi connectivity index (χ0) is 13.7. The summed E-state index contributed by atoms with van der Waals surface area (Å²) in [4.78, 5) is 14.2. The molecule has 0 bridgehead atoms. The fourth-order valence-electron chi connectivity index (χ4n) is 3.99. The van der Waals surface area contributed by atoms with Crippen molar-refractivity contribution in [2.45, 2.75) is 31.4 Å². The van der Waals surface area contributed by atoms with Crippen LogP contribution in [0.1, 0.15) is 31.2 Å². The van der Waals surface area contributed by atoms with Gasteiger partial charge in [-0.15, -0.1) is 0 Å². The number of urea groups is 1. The fraction of sp³-hybridized carbons (Fsp3) is 0.533. The smallest absolute Gasteiger partial charge is 0.324 e. The van der Waals surface area contributed by atoms with Gasteiger partial charge in [0.25, 0.3) is 0 Å². The van der Waals surface area contributed by atoms with Crippen molar-refractivity contribution in [1.82, 2.24) is 4.90 Å². The first-order valence-corrected chi connectivity index (χ1v) is 7.62. The molecule has 4 rings (SSSR count). The largest absolute Gasteiger partial charge is 0.349 e. The maximum Gasteiger partial charge on any atom is 0.324 e. The van der Waals surface area contributed by atoms with Gasteiger partial charge in [0.15, 0.2) is 5.72 Å². The molecule has 2 fully saturated rings. The van der Waals surface area contributed by atoms with Gasteiger partial charge in [0.1, 0.15) is 0 Å². The standard InChI is InChI=1S/C15H17ClN2O2/c16-11-5-6-13-12(9-11)15(10-3-1-2-4-10)18(7-8-20-15)14(19)17-13/h5-6,9-10H,1-4,7-8H2,(H,17,19). The van der Waals surface area contributed by atoms with Crippen LogP contribution in [0.5, 0.6) is 0 Å². The topological polar surface area (TPSA) is 41.6 Å². The predicted octanol–water partition coefficient (Wildman–Crippen LogP) is 3.56. The van der Waals surface area contributed by atoms with Gasteiger partial charge < -0.3 is 10.1 Å². The SMILES string of the molecule is O=C1Nc2ccc(Cl)cc2C2(C3CCCC3)OCCN12. The lowest BCUT2D eigenvalue weighted by Crippen LogP contribution is -2.55. The Bertz CT molecular complexity index is 571. The molecule has 106 valence electrons. The molecule has 5 heteroatoms. The number of nitrogens with one attached hydrogen (secondary N) is 1. The van der Waals surface area contributed by atoms with Gasteiger partial charge in [-0.05, 0) is 31.0 Å². The van der Waals surface area contributed by atoms with Crippen LogP contribution in [-0.2, 0) is 10.5 Å². The highest BCUT2D eigenvalue weighted by Gasteiger charge is 2.56. The molecular weight excluding hydrogens is 276 g/mol. The molecule has 0 aromatic heterocycles. The van der Waals surface area contributed by atoms with Crippen molar-refractivity contribution in [2.75, 3.05) is 18.5 Å². The molecule has 0 spiro atoms. The van der Waals surface area contributed by atoms with E-state index in [2.05, 4.69) is 5.32 Å². The highest BCUT2D eigenvalue weighted by atomic mass is 35.5. The Morgan fingerprint density at radius 3 is 2.95 bits per heavy atom. The summed E-state index contributed by atoms with van der Waals surface area (Å²) in [5.74, 6) is 0.369. The summed E-state index contributed by atoms with van der Waals surface area (Å²) >= 11 is 6.19. The quantitative estimate of drug-likeness (QED) is 0.860. The average molecular weight is 293 g/mol. The number of ether oxygens (including phenoxy) is 1. The Labute approximate surface area is 123 Å². The molecule has 1 aromatic carbocycles. The van der Waals surface area contributed by atoms with Crippen LogP contribution in [-0.4, -0.2) is 24.1 Å². The number of nitrogens with zero attached hydrogens (tertiary/aromatic N) is 1. The number of halogens is 1. The van der Waals surface area contributed by atoms with Crippen LogP contribution in [0.15, 0.2) is 18.2 Å². The zero-order valence-corrected chi connectivity index (χ0v) is 11.9. The highest BCUT2D eigenvalue weighted by molar-refractivity contribution is 6.30. The molecule has 4 nitrogen and oxygen atoms in total. The van der Waals surface area contributed by atoms with Gasteiger partial charge in [0, 0.05) is 23.0 Å². The van der Waals surface area contributed by atoms with Crippen LogP contribution in [0.25, 0.3) is 0 Å². The third kappa shape index (κ3) is 1.55. The monoisotopic (exact) mass is 292 g/mol. The van der Waals surface area contributed by atoms with Gasteiger partial charge in [0.05, 0.1) is 12.3 Å². The second-order valence-electron chi connectivity index (χ2n) is 5.80. The third-order valence-electron chi connectivity index (χ3n) is 4.80. The van der Waals surface area contributed by atoms with Gasteiger partial charge in [-0.1, -0.05) is 24.4 Å². The summed E-state index contributed by atoms with van der Waals surface area (Å²) < 4.78 is 6.19. The van der Waals surface area contributed by atoms with Gasteiger partial charge in [0.2, 0.25) is 0 Å². The van der Waals surface area contributed by atoms with Crippen molar-refractivity contribution in [3.05, 3.63) is 28.8 Å². The normalized spacial score (nSPS) is 29.2. The Balaban J connectivity index is 1.92. The molecule has 3 aliphatic rings. The number of rotatable bonds is 1. The van der Waals surface area contributed by atoms with Crippen molar-refractivity contribution < 1.29 is 9.53 Å². The Morgan fingerprint density at radius 2 is 2.15 bits per heavy atom. The molecule has 0 radical (unpaired) electrons. The summed E-state index contributed by atoms with van der Waals surface area (Å²) in [5, 5.41) is 3.64. The first-order valence-electron chi connectivity index (χ1n) is 7.24. The van der Waals surface area contributed by atoms with Crippen LogP contribution in [0.3, 0.4) is 0 Å². The number of hydrogen-bond donors (Lipinski definition) is 1. The summed E-state index contributed by atoms with van der Waals surface area (Å²) in [6.07, 6.45) is 4.63. The van der Waals surface area contributed by atoms with Gasteiger partial charge in [-0.2, -0.15) is 0 Å². The lowest BCUT2D eigenvalue weighted by Gasteiger charge is -2.45. The molecule has 1 N–H and O–H groups in total. The van der Waals surface area contributed by atoms with Crippen LogP contribution < -0.4 is 5.32 Å². The minimum atomic E-state index is -0.598. The molecule has 2 aliphatic heterocycles. The second kappa shape index (κ2) is 4.37. The zero-order valence-electron chi connectivity index (χ0n) is 11.2. The van der Waals surface area contributed by atoms with Crippen LogP contribution in [0.4, 0.5) is 10.5 Å². The third-order valence-corrected chi connectivity index (χ3v) is 5.04. The molecule has 1 aromatic rings. The van der Waals surface area contributed by atoms with Crippen molar-refractivity contribution in [1.29, 1.82) is 0 Å². The Hall–Kier alpha value is -1.26. The van der Waals surface area contributed by atoms with Crippen LogP contribution in [0, 0.1) is 5.92 Å². The molecule has 20 heavy (non-hydrogen) atoms. The molecule has 1 saturated carbocycles. The summed E-state index contributed by atoms with van der Waals surface area (Å²) in [6, 6.07) is 5.59.